The number of aromatic nitrogens is 1. The second kappa shape index (κ2) is 8.53. The molecule has 0 radical (unpaired) electrons. The molecule has 0 saturated carbocycles. The third-order valence-corrected chi connectivity index (χ3v) is 7.34. The van der Waals surface area contributed by atoms with Gasteiger partial charge in [0, 0.05) is 47.3 Å². The molecule has 0 spiro atoms. The summed E-state index contributed by atoms with van der Waals surface area (Å²) in [7, 11) is -3.44. The third-order valence-electron chi connectivity index (χ3n) is 5.83. The highest BCUT2D eigenvalue weighted by Crippen LogP contribution is 2.34. The number of hydrogen-bond donors (Lipinski definition) is 2. The number of para-hydroxylation sites is 1. The number of aromatic amines is 1. The third kappa shape index (κ3) is 4.31. The van der Waals surface area contributed by atoms with Crippen LogP contribution in [-0.4, -0.2) is 48.9 Å². The van der Waals surface area contributed by atoms with Gasteiger partial charge in [0.2, 0.25) is 0 Å². The first-order valence-electron chi connectivity index (χ1n) is 10.5. The van der Waals surface area contributed by atoms with Crippen molar-refractivity contribution in [1.29, 1.82) is 0 Å². The Balaban J connectivity index is 1.41. The van der Waals surface area contributed by atoms with Crippen LogP contribution in [0.1, 0.15) is 17.0 Å². The molecule has 7 nitrogen and oxygen atoms in total. The van der Waals surface area contributed by atoms with Crippen molar-refractivity contribution in [2.75, 3.05) is 18.8 Å². The molecule has 2 aliphatic rings. The maximum atomic E-state index is 13.0. The molecule has 3 heterocycles. The van der Waals surface area contributed by atoms with E-state index in [0.29, 0.717) is 23.0 Å². The number of H-pyrrole nitrogens is 1. The molecule has 2 aromatic carbocycles. The van der Waals surface area contributed by atoms with Gasteiger partial charge < -0.3 is 15.2 Å². The summed E-state index contributed by atoms with van der Waals surface area (Å²) in [4.78, 5) is 18.0. The summed E-state index contributed by atoms with van der Waals surface area (Å²) in [6, 6.07) is 15.6. The molecule has 0 saturated heterocycles. The first-order valence-corrected chi connectivity index (χ1v) is 12.5. The van der Waals surface area contributed by atoms with Crippen molar-refractivity contribution in [1.82, 2.24) is 15.2 Å². The minimum absolute atomic E-state index is 0.0785. The van der Waals surface area contributed by atoms with Gasteiger partial charge in [0.05, 0.1) is 11.3 Å². The van der Waals surface area contributed by atoms with Crippen molar-refractivity contribution in [3.05, 3.63) is 94.8 Å². The van der Waals surface area contributed by atoms with E-state index in [1.54, 1.807) is 23.3 Å². The van der Waals surface area contributed by atoms with Crippen LogP contribution >= 0.6 is 11.6 Å². The molecular formula is C24H21ClN4O3S. The number of amidine groups is 1. The summed E-state index contributed by atoms with van der Waals surface area (Å²) in [5.41, 5.74) is 3.42. The van der Waals surface area contributed by atoms with Crippen LogP contribution in [0.25, 0.3) is 10.9 Å². The molecule has 0 aliphatic carbocycles. The molecule has 0 unspecified atom stereocenters. The molecule has 1 atom stereocenters. The Morgan fingerprint density at radius 2 is 1.91 bits per heavy atom. The monoisotopic (exact) mass is 480 g/mol. The highest BCUT2D eigenvalue weighted by molar-refractivity contribution is 7.90. The fourth-order valence-electron chi connectivity index (χ4n) is 4.16. The molecule has 33 heavy (non-hydrogen) atoms. The molecule has 3 aromatic rings. The number of nitrogens with zero attached hydrogens (tertiary/aromatic N) is 2. The van der Waals surface area contributed by atoms with E-state index in [2.05, 4.69) is 14.7 Å². The van der Waals surface area contributed by atoms with Gasteiger partial charge in [0.15, 0.2) is 0 Å². The Bertz CT molecular complexity index is 1440. The zero-order valence-corrected chi connectivity index (χ0v) is 19.1. The van der Waals surface area contributed by atoms with E-state index in [0.717, 1.165) is 22.0 Å². The quantitative estimate of drug-likeness (QED) is 0.583. The summed E-state index contributed by atoms with van der Waals surface area (Å²) in [5.74, 6) is -0.171. The van der Waals surface area contributed by atoms with Crippen molar-refractivity contribution < 1.29 is 13.2 Å². The zero-order valence-electron chi connectivity index (χ0n) is 17.5. The van der Waals surface area contributed by atoms with E-state index in [9.17, 15) is 13.2 Å². The van der Waals surface area contributed by atoms with Gasteiger partial charge in [0.1, 0.15) is 5.84 Å². The van der Waals surface area contributed by atoms with Crippen LogP contribution in [0, 0.1) is 0 Å². The van der Waals surface area contributed by atoms with Crippen molar-refractivity contribution >= 4 is 44.3 Å². The predicted molar refractivity (Wildman–Crippen MR) is 130 cm³/mol. The number of amides is 1. The van der Waals surface area contributed by atoms with Gasteiger partial charge >= 0.3 is 0 Å². The minimum atomic E-state index is -3.44. The largest absolute Gasteiger partial charge is 0.361 e. The lowest BCUT2D eigenvalue weighted by Gasteiger charge is -2.27. The van der Waals surface area contributed by atoms with Crippen molar-refractivity contribution in [2.45, 2.75) is 5.92 Å². The number of fused-ring (bicyclic) bond motifs is 2. The van der Waals surface area contributed by atoms with Crippen LogP contribution < -0.4 is 5.32 Å². The van der Waals surface area contributed by atoms with Crippen molar-refractivity contribution in [2.24, 2.45) is 4.40 Å². The van der Waals surface area contributed by atoms with Crippen LogP contribution in [0.2, 0.25) is 5.02 Å². The van der Waals surface area contributed by atoms with Crippen molar-refractivity contribution in [3.63, 3.8) is 0 Å². The highest BCUT2D eigenvalue weighted by atomic mass is 35.5. The standard InChI is InChI=1S/C24H21ClN4O3S/c25-21-7-3-1-5-17(21)19(20-13-26-22-8-4-2-6-18(20)22)14-27-24(30)16-9-10-23-28-33(31,32)12-11-29(23)15-16/h1-10,13,15,19,26H,11-12,14H2,(H,27,30)/t19-/m1/s1. The van der Waals surface area contributed by atoms with E-state index in [-0.39, 0.29) is 24.1 Å². The first-order chi connectivity index (χ1) is 15.9. The lowest BCUT2D eigenvalue weighted by molar-refractivity contribution is -0.117. The second-order valence-electron chi connectivity index (χ2n) is 7.92. The highest BCUT2D eigenvalue weighted by Gasteiger charge is 2.26. The van der Waals surface area contributed by atoms with Crippen LogP contribution in [0.4, 0.5) is 0 Å². The Morgan fingerprint density at radius 3 is 2.76 bits per heavy atom. The van der Waals surface area contributed by atoms with E-state index in [1.807, 2.05) is 54.7 Å². The van der Waals surface area contributed by atoms with E-state index in [4.69, 9.17) is 11.6 Å². The summed E-state index contributed by atoms with van der Waals surface area (Å²) in [6.07, 6.45) is 6.74. The van der Waals surface area contributed by atoms with E-state index >= 15 is 0 Å². The summed E-state index contributed by atoms with van der Waals surface area (Å²) < 4.78 is 27.2. The SMILES string of the molecule is O=C(NC[C@H](c1ccccc1Cl)c1c[nH]c2ccccc12)C1=CN2CCS(=O)(=O)N=C2C=C1. The molecule has 9 heteroatoms. The summed E-state index contributed by atoms with van der Waals surface area (Å²) in [6.45, 7) is 0.602. The number of carbonyl (C=O) groups is 1. The number of rotatable bonds is 5. The Morgan fingerprint density at radius 1 is 1.12 bits per heavy atom. The van der Waals surface area contributed by atoms with Gasteiger partial charge in [-0.05, 0) is 35.4 Å². The number of sulfonamides is 1. The molecule has 168 valence electrons. The molecule has 2 N–H and O–H groups in total. The molecule has 0 bridgehead atoms. The molecule has 0 fully saturated rings. The zero-order chi connectivity index (χ0) is 23.0. The van der Waals surface area contributed by atoms with Crippen molar-refractivity contribution in [3.8, 4) is 0 Å². The van der Waals surface area contributed by atoms with Gasteiger partial charge in [-0.3, -0.25) is 4.79 Å². The average Bonchev–Trinajstić information content (AvgIpc) is 3.23. The molecule has 5 rings (SSSR count). The van der Waals surface area contributed by atoms with E-state index in [1.165, 1.54) is 0 Å². The van der Waals surface area contributed by atoms with Crippen LogP contribution in [0.5, 0.6) is 0 Å². The molecule has 1 amide bonds. The molecule has 2 aliphatic heterocycles. The predicted octanol–water partition coefficient (Wildman–Crippen LogP) is 3.57. The fourth-order valence-corrected chi connectivity index (χ4v) is 5.40. The summed E-state index contributed by atoms with van der Waals surface area (Å²) in [5, 5.41) is 4.73. The lowest BCUT2D eigenvalue weighted by Crippen LogP contribution is -2.38. The summed E-state index contributed by atoms with van der Waals surface area (Å²) >= 11 is 6.54. The number of hydrogen-bond acceptors (Lipinski definition) is 4. The second-order valence-corrected chi connectivity index (χ2v) is 10.1. The van der Waals surface area contributed by atoms with Gasteiger partial charge in [-0.15, -0.1) is 4.40 Å². The van der Waals surface area contributed by atoms with Gasteiger partial charge in [-0.1, -0.05) is 48.0 Å². The first kappa shape index (κ1) is 21.5. The Labute approximate surface area is 196 Å². The molecule has 1 aromatic heterocycles. The Kier molecular flexibility index (Phi) is 5.55. The number of halogens is 1. The number of benzene rings is 2. The smallest absolute Gasteiger partial charge is 0.256 e. The van der Waals surface area contributed by atoms with E-state index < -0.39 is 10.0 Å². The maximum absolute atomic E-state index is 13.0. The normalized spacial score (nSPS) is 17.8. The topological polar surface area (TPSA) is 94.6 Å². The van der Waals surface area contributed by atoms with Crippen LogP contribution in [0.15, 0.2) is 83.1 Å². The molecular weight excluding hydrogens is 460 g/mol. The van der Waals surface area contributed by atoms with Gasteiger partial charge in [0.25, 0.3) is 15.9 Å². The van der Waals surface area contributed by atoms with Gasteiger partial charge in [-0.25, -0.2) is 8.42 Å². The van der Waals surface area contributed by atoms with Crippen LogP contribution in [0.3, 0.4) is 0 Å². The van der Waals surface area contributed by atoms with Gasteiger partial charge in [-0.2, -0.15) is 0 Å². The lowest BCUT2D eigenvalue weighted by atomic mass is 9.90. The van der Waals surface area contributed by atoms with Crippen LogP contribution in [-0.2, 0) is 14.8 Å². The average molecular weight is 481 g/mol. The Hall–Kier alpha value is -3.36. The number of carbonyl (C=O) groups excluding carboxylic acids is 1. The number of nitrogens with one attached hydrogen (secondary N) is 2. The minimum Gasteiger partial charge on any atom is -0.361 e. The fraction of sp³-hybridized carbons (Fsp3) is 0.167. The maximum Gasteiger partial charge on any atom is 0.256 e.